The van der Waals surface area contributed by atoms with Gasteiger partial charge in [-0.05, 0) is 44.7 Å². The third kappa shape index (κ3) is 5.76. The Balaban J connectivity index is 1.76. The first-order valence-corrected chi connectivity index (χ1v) is 9.78. The molecule has 3 nitrogen and oxygen atoms in total. The average molecular weight is 336 g/mol. The van der Waals surface area contributed by atoms with Crippen molar-refractivity contribution in [3.8, 4) is 5.75 Å². The first kappa shape index (κ1) is 18.2. The maximum absolute atomic E-state index is 12.3. The van der Waals surface area contributed by atoms with Crippen LogP contribution >= 0.6 is 11.8 Å². The second kappa shape index (κ2) is 9.21. The molecule has 128 valence electrons. The minimum Gasteiger partial charge on any atom is -0.480 e. The van der Waals surface area contributed by atoms with Crippen LogP contribution in [0.2, 0.25) is 0 Å². The van der Waals surface area contributed by atoms with Crippen molar-refractivity contribution in [2.45, 2.75) is 64.2 Å². The molecule has 0 aromatic heterocycles. The molecule has 1 fully saturated rings. The summed E-state index contributed by atoms with van der Waals surface area (Å²) in [6.07, 6.45) is 5.68. The molecule has 1 aromatic carbocycles. The highest BCUT2D eigenvalue weighted by molar-refractivity contribution is 7.99. The number of hydrogen-bond acceptors (Lipinski definition) is 3. The van der Waals surface area contributed by atoms with Crippen molar-refractivity contribution in [1.29, 1.82) is 0 Å². The maximum Gasteiger partial charge on any atom is 0.261 e. The van der Waals surface area contributed by atoms with Crippen LogP contribution in [0, 0.1) is 13.8 Å². The summed E-state index contributed by atoms with van der Waals surface area (Å²) >= 11 is 2.00. The summed E-state index contributed by atoms with van der Waals surface area (Å²) in [5, 5.41) is 3.83. The van der Waals surface area contributed by atoms with Crippen LogP contribution in [0.1, 0.15) is 50.2 Å². The molecule has 0 heterocycles. The van der Waals surface area contributed by atoms with E-state index in [1.165, 1.54) is 31.2 Å². The number of carbonyl (C=O) groups is 1. The van der Waals surface area contributed by atoms with Gasteiger partial charge in [-0.15, -0.1) is 0 Å². The first-order valence-electron chi connectivity index (χ1n) is 8.73. The van der Waals surface area contributed by atoms with Gasteiger partial charge in [-0.3, -0.25) is 4.79 Å². The largest absolute Gasteiger partial charge is 0.480 e. The molecule has 1 saturated carbocycles. The van der Waals surface area contributed by atoms with E-state index in [2.05, 4.69) is 18.3 Å². The van der Waals surface area contributed by atoms with Gasteiger partial charge in [-0.25, -0.2) is 0 Å². The van der Waals surface area contributed by atoms with Crippen molar-refractivity contribution in [1.82, 2.24) is 5.32 Å². The molecule has 1 N–H and O–H groups in total. The lowest BCUT2D eigenvalue weighted by molar-refractivity contribution is -0.128. The number of thioether (sulfide) groups is 1. The van der Waals surface area contributed by atoms with Gasteiger partial charge in [-0.1, -0.05) is 37.5 Å². The van der Waals surface area contributed by atoms with Gasteiger partial charge in [0.05, 0.1) is 0 Å². The highest BCUT2D eigenvalue weighted by Crippen LogP contribution is 2.28. The lowest BCUT2D eigenvalue weighted by Crippen LogP contribution is -2.39. The Morgan fingerprint density at radius 1 is 1.35 bits per heavy atom. The zero-order valence-electron chi connectivity index (χ0n) is 14.6. The number of ether oxygens (including phenoxy) is 1. The summed E-state index contributed by atoms with van der Waals surface area (Å²) in [5.74, 6) is 1.80. The second-order valence-electron chi connectivity index (χ2n) is 6.35. The summed E-state index contributed by atoms with van der Waals surface area (Å²) < 4.78 is 5.92. The fourth-order valence-corrected chi connectivity index (χ4v) is 4.20. The number of amides is 1. The van der Waals surface area contributed by atoms with E-state index >= 15 is 0 Å². The third-order valence-corrected chi connectivity index (χ3v) is 5.70. The fraction of sp³-hybridized carbons (Fsp3) is 0.632. The number of benzene rings is 1. The normalized spacial score (nSPS) is 16.3. The van der Waals surface area contributed by atoms with Crippen LogP contribution in [-0.2, 0) is 4.79 Å². The Bertz CT molecular complexity index is 512. The molecular weight excluding hydrogens is 306 g/mol. The van der Waals surface area contributed by atoms with E-state index in [-0.39, 0.29) is 5.91 Å². The molecular formula is C19H29NO2S. The number of nitrogens with one attached hydrogen (secondary N) is 1. The van der Waals surface area contributed by atoms with E-state index in [9.17, 15) is 4.79 Å². The molecule has 0 unspecified atom stereocenters. The van der Waals surface area contributed by atoms with Crippen LogP contribution in [0.4, 0.5) is 0 Å². The molecule has 1 aromatic rings. The predicted octanol–water partition coefficient (Wildman–Crippen LogP) is 4.25. The third-order valence-electron chi connectivity index (χ3n) is 4.32. The highest BCUT2D eigenvalue weighted by Gasteiger charge is 2.19. The predicted molar refractivity (Wildman–Crippen MR) is 98.3 cm³/mol. The maximum atomic E-state index is 12.3. The van der Waals surface area contributed by atoms with Crippen molar-refractivity contribution >= 4 is 17.7 Å². The Labute approximate surface area is 144 Å². The van der Waals surface area contributed by atoms with Gasteiger partial charge in [0.2, 0.25) is 0 Å². The molecule has 1 amide bonds. The van der Waals surface area contributed by atoms with Crippen molar-refractivity contribution in [3.63, 3.8) is 0 Å². The SMILES string of the molecule is CC[C@@H](Oc1ccc(C)cc1C)C(=O)NCCSC1CCCC1. The Morgan fingerprint density at radius 2 is 2.09 bits per heavy atom. The standard InChI is InChI=1S/C19H29NO2S/c1-4-17(22-18-10-9-14(2)13-15(18)3)19(21)20-11-12-23-16-7-5-6-8-16/h9-10,13,16-17H,4-8,11-12H2,1-3H3,(H,20,21)/t17-/m1/s1. The fourth-order valence-electron chi connectivity index (χ4n) is 2.98. The van der Waals surface area contributed by atoms with Crippen molar-refractivity contribution in [2.75, 3.05) is 12.3 Å². The zero-order chi connectivity index (χ0) is 16.7. The molecule has 4 heteroatoms. The molecule has 1 aliphatic rings. The molecule has 23 heavy (non-hydrogen) atoms. The van der Waals surface area contributed by atoms with E-state index in [1.54, 1.807) is 0 Å². The molecule has 0 spiro atoms. The van der Waals surface area contributed by atoms with E-state index < -0.39 is 6.10 Å². The van der Waals surface area contributed by atoms with Crippen LogP contribution in [0.3, 0.4) is 0 Å². The molecule has 1 aliphatic carbocycles. The summed E-state index contributed by atoms with van der Waals surface area (Å²) in [6, 6.07) is 6.06. The molecule has 0 bridgehead atoms. The van der Waals surface area contributed by atoms with Crippen LogP contribution in [-0.4, -0.2) is 29.6 Å². The van der Waals surface area contributed by atoms with Crippen LogP contribution in [0.25, 0.3) is 0 Å². The van der Waals surface area contributed by atoms with Gasteiger partial charge in [0.1, 0.15) is 5.75 Å². The van der Waals surface area contributed by atoms with Gasteiger partial charge in [0.15, 0.2) is 6.10 Å². The quantitative estimate of drug-likeness (QED) is 0.722. The Hall–Kier alpha value is -1.16. The molecule has 0 aliphatic heterocycles. The first-order chi connectivity index (χ1) is 11.1. The monoisotopic (exact) mass is 335 g/mol. The lowest BCUT2D eigenvalue weighted by atomic mass is 10.1. The van der Waals surface area contributed by atoms with Crippen molar-refractivity contribution in [2.24, 2.45) is 0 Å². The van der Waals surface area contributed by atoms with Crippen LogP contribution in [0.15, 0.2) is 18.2 Å². The Morgan fingerprint density at radius 3 is 2.74 bits per heavy atom. The summed E-state index contributed by atoms with van der Waals surface area (Å²) in [7, 11) is 0. The van der Waals surface area contributed by atoms with Crippen molar-refractivity contribution < 1.29 is 9.53 Å². The smallest absolute Gasteiger partial charge is 0.261 e. The minimum atomic E-state index is -0.409. The molecule has 0 radical (unpaired) electrons. The average Bonchev–Trinajstić information content (AvgIpc) is 3.04. The topological polar surface area (TPSA) is 38.3 Å². The summed E-state index contributed by atoms with van der Waals surface area (Å²) in [5.41, 5.74) is 2.28. The van der Waals surface area contributed by atoms with Gasteiger partial charge < -0.3 is 10.1 Å². The van der Waals surface area contributed by atoms with Crippen LogP contribution < -0.4 is 10.1 Å². The number of aryl methyl sites for hydroxylation is 2. The molecule has 1 atom stereocenters. The van der Waals surface area contributed by atoms with Gasteiger partial charge in [-0.2, -0.15) is 11.8 Å². The highest BCUT2D eigenvalue weighted by atomic mass is 32.2. The van der Waals surface area contributed by atoms with Gasteiger partial charge >= 0.3 is 0 Å². The summed E-state index contributed by atoms with van der Waals surface area (Å²) in [6.45, 7) is 6.79. The van der Waals surface area contributed by atoms with E-state index in [1.807, 2.05) is 37.7 Å². The summed E-state index contributed by atoms with van der Waals surface area (Å²) in [4.78, 5) is 12.3. The number of hydrogen-bond donors (Lipinski definition) is 1. The minimum absolute atomic E-state index is 0.000466. The lowest BCUT2D eigenvalue weighted by Gasteiger charge is -2.19. The van der Waals surface area contributed by atoms with Gasteiger partial charge in [0.25, 0.3) is 5.91 Å². The number of rotatable bonds is 8. The number of carbonyl (C=O) groups excluding carboxylic acids is 1. The Kier molecular flexibility index (Phi) is 7.28. The zero-order valence-corrected chi connectivity index (χ0v) is 15.4. The second-order valence-corrected chi connectivity index (χ2v) is 7.76. The van der Waals surface area contributed by atoms with E-state index in [0.29, 0.717) is 6.42 Å². The van der Waals surface area contributed by atoms with E-state index in [4.69, 9.17) is 4.74 Å². The van der Waals surface area contributed by atoms with Gasteiger partial charge in [0, 0.05) is 17.5 Å². The van der Waals surface area contributed by atoms with Crippen LogP contribution in [0.5, 0.6) is 5.75 Å². The van der Waals surface area contributed by atoms with E-state index in [0.717, 1.165) is 28.9 Å². The van der Waals surface area contributed by atoms with Crippen molar-refractivity contribution in [3.05, 3.63) is 29.3 Å². The molecule has 2 rings (SSSR count). The molecule has 0 saturated heterocycles.